The number of hydrogen-bond acceptors (Lipinski definition) is 6. The van der Waals surface area contributed by atoms with Crippen LogP contribution < -0.4 is 16.4 Å². The van der Waals surface area contributed by atoms with Crippen molar-refractivity contribution >= 4 is 34.1 Å². The summed E-state index contributed by atoms with van der Waals surface area (Å²) < 4.78 is 0. The van der Waals surface area contributed by atoms with E-state index in [1.165, 1.54) is 0 Å². The first kappa shape index (κ1) is 26.7. The fourth-order valence-electron chi connectivity index (χ4n) is 4.92. The van der Waals surface area contributed by atoms with Crippen LogP contribution in [0.1, 0.15) is 21.5 Å². The van der Waals surface area contributed by atoms with Gasteiger partial charge in [0.05, 0.1) is 11.2 Å². The molecule has 0 spiro atoms. The summed E-state index contributed by atoms with van der Waals surface area (Å²) >= 11 is 0. The van der Waals surface area contributed by atoms with Crippen LogP contribution in [0, 0.1) is 0 Å². The molecule has 1 aliphatic heterocycles. The minimum absolute atomic E-state index is 0.208. The smallest absolute Gasteiger partial charge is 0.255 e. The minimum Gasteiger partial charge on any atom is -0.350 e. The molecule has 0 radical (unpaired) electrons. The van der Waals surface area contributed by atoms with Crippen molar-refractivity contribution in [3.8, 4) is 11.3 Å². The van der Waals surface area contributed by atoms with E-state index in [-0.39, 0.29) is 5.91 Å². The monoisotopic (exact) mass is 550 g/mol. The third kappa shape index (κ3) is 5.96. The van der Waals surface area contributed by atoms with Crippen molar-refractivity contribution in [2.75, 3.05) is 10.6 Å². The topological polar surface area (TPSA) is 96.2 Å². The molecule has 1 aliphatic rings. The van der Waals surface area contributed by atoms with Crippen LogP contribution in [0.5, 0.6) is 0 Å². The Morgan fingerprint density at radius 1 is 0.762 bits per heavy atom. The number of fused-ring (bicyclic) bond motifs is 1. The molecule has 2 heterocycles. The van der Waals surface area contributed by atoms with Crippen LogP contribution in [-0.2, 0) is 13.1 Å². The van der Waals surface area contributed by atoms with Crippen molar-refractivity contribution in [2.45, 2.75) is 13.1 Å². The molecule has 1 amide bonds. The van der Waals surface area contributed by atoms with Crippen LogP contribution in [0.4, 0.5) is 17.3 Å². The van der Waals surface area contributed by atoms with Gasteiger partial charge in [-0.2, -0.15) is 0 Å². The number of allylic oxidation sites excluding steroid dienone is 4. The number of para-hydroxylation sites is 1. The van der Waals surface area contributed by atoms with Gasteiger partial charge >= 0.3 is 0 Å². The maximum Gasteiger partial charge on any atom is 0.255 e. The van der Waals surface area contributed by atoms with Gasteiger partial charge in [-0.05, 0) is 59.7 Å². The Hall–Kier alpha value is -5.53. The molecule has 0 unspecified atom stereocenters. The van der Waals surface area contributed by atoms with E-state index in [4.69, 9.17) is 15.7 Å². The van der Waals surface area contributed by atoms with Crippen LogP contribution in [-0.4, -0.2) is 20.8 Å². The summed E-state index contributed by atoms with van der Waals surface area (Å²) in [5, 5.41) is 7.34. The summed E-state index contributed by atoms with van der Waals surface area (Å²) in [7, 11) is 0. The average molecular weight is 551 g/mol. The Morgan fingerprint density at radius 2 is 1.50 bits per heavy atom. The highest BCUT2D eigenvalue weighted by atomic mass is 16.1. The van der Waals surface area contributed by atoms with Gasteiger partial charge in [-0.1, -0.05) is 72.8 Å². The number of carbonyl (C=O) groups is 1. The lowest BCUT2D eigenvalue weighted by Crippen LogP contribution is -2.17. The van der Waals surface area contributed by atoms with Crippen LogP contribution >= 0.6 is 0 Å². The molecular weight excluding hydrogens is 520 g/mol. The molecule has 0 atom stereocenters. The molecule has 42 heavy (non-hydrogen) atoms. The van der Waals surface area contributed by atoms with E-state index in [0.29, 0.717) is 30.3 Å². The number of nitrogens with two attached hydrogens (primary N) is 1. The molecule has 0 saturated heterocycles. The third-order valence-corrected chi connectivity index (χ3v) is 7.02. The second kappa shape index (κ2) is 12.3. The van der Waals surface area contributed by atoms with Crippen molar-refractivity contribution in [1.82, 2.24) is 14.9 Å². The predicted octanol–water partition coefficient (Wildman–Crippen LogP) is 7.15. The van der Waals surface area contributed by atoms with Crippen molar-refractivity contribution in [1.29, 1.82) is 0 Å². The van der Waals surface area contributed by atoms with Gasteiger partial charge in [0.2, 0.25) is 5.95 Å². The van der Waals surface area contributed by atoms with Crippen LogP contribution in [0.3, 0.4) is 0 Å². The van der Waals surface area contributed by atoms with E-state index in [1.807, 2.05) is 122 Å². The zero-order valence-electron chi connectivity index (χ0n) is 22.9. The van der Waals surface area contributed by atoms with E-state index < -0.39 is 0 Å². The largest absolute Gasteiger partial charge is 0.350 e. The Labute approximate surface area is 244 Å². The number of amides is 1. The standard InChI is InChI=1S/C35H30N6O/c36-23-30-27(24-41-21-8-1-2-9-22-41)13-10-16-32(30)38-34(42)26-17-19-28(20-18-26)37-35-39-31-15-7-6-14-29(31)33(40-35)25-11-4-3-5-12-25/h1-22H,23-24,36H2,(H,38,42)(H,37,39,40). The molecule has 5 aromatic rings. The lowest BCUT2D eigenvalue weighted by atomic mass is 10.0. The lowest BCUT2D eigenvalue weighted by Gasteiger charge is -2.19. The zero-order chi connectivity index (χ0) is 28.7. The SMILES string of the molecule is NCc1c(CN2C=CC=CC=C2)cccc1NC(=O)c1ccc(Nc2nc(-c3ccccc3)c3ccccc3n2)cc1. The van der Waals surface area contributed by atoms with Crippen molar-refractivity contribution in [3.05, 3.63) is 150 Å². The van der Waals surface area contributed by atoms with Crippen molar-refractivity contribution < 1.29 is 4.79 Å². The van der Waals surface area contributed by atoms with Crippen molar-refractivity contribution in [3.63, 3.8) is 0 Å². The van der Waals surface area contributed by atoms with E-state index in [2.05, 4.69) is 15.5 Å². The number of carbonyl (C=O) groups excluding carboxylic acids is 1. The van der Waals surface area contributed by atoms with E-state index >= 15 is 0 Å². The van der Waals surface area contributed by atoms with Crippen LogP contribution in [0.25, 0.3) is 22.2 Å². The molecule has 0 aliphatic carbocycles. The normalized spacial score (nSPS) is 12.4. The van der Waals surface area contributed by atoms with Gasteiger partial charge in [0.15, 0.2) is 0 Å². The zero-order valence-corrected chi connectivity index (χ0v) is 22.9. The number of nitrogens with zero attached hydrogens (tertiary/aromatic N) is 3. The molecule has 7 nitrogen and oxygen atoms in total. The highest BCUT2D eigenvalue weighted by Crippen LogP contribution is 2.28. The summed E-state index contributed by atoms with van der Waals surface area (Å²) in [4.78, 5) is 24.8. The number of benzene rings is 4. The molecule has 7 heteroatoms. The molecule has 206 valence electrons. The van der Waals surface area contributed by atoms with Crippen LogP contribution in [0.2, 0.25) is 0 Å². The maximum atomic E-state index is 13.2. The van der Waals surface area contributed by atoms with E-state index in [0.717, 1.165) is 39.0 Å². The predicted molar refractivity (Wildman–Crippen MR) is 170 cm³/mol. The van der Waals surface area contributed by atoms with Gasteiger partial charge in [-0.15, -0.1) is 0 Å². The van der Waals surface area contributed by atoms with Crippen LogP contribution in [0.15, 0.2) is 134 Å². The summed E-state index contributed by atoms with van der Waals surface area (Å²) in [6.07, 6.45) is 11.9. The fraction of sp³-hybridized carbons (Fsp3) is 0.0571. The second-order valence-corrected chi connectivity index (χ2v) is 9.82. The first-order valence-corrected chi connectivity index (χ1v) is 13.8. The van der Waals surface area contributed by atoms with Gasteiger partial charge in [-0.25, -0.2) is 9.97 Å². The molecule has 0 fully saturated rings. The summed E-state index contributed by atoms with van der Waals surface area (Å²) in [5.74, 6) is 0.277. The minimum atomic E-state index is -0.208. The van der Waals surface area contributed by atoms with E-state index in [9.17, 15) is 4.79 Å². The number of nitrogens with one attached hydrogen (secondary N) is 2. The molecule has 0 saturated carbocycles. The Kier molecular flexibility index (Phi) is 7.83. The molecule has 4 N–H and O–H groups in total. The molecule has 1 aromatic heterocycles. The second-order valence-electron chi connectivity index (χ2n) is 9.82. The third-order valence-electron chi connectivity index (χ3n) is 7.02. The Morgan fingerprint density at radius 3 is 2.26 bits per heavy atom. The number of rotatable bonds is 8. The van der Waals surface area contributed by atoms with Gasteiger partial charge in [0.25, 0.3) is 5.91 Å². The number of anilines is 3. The molecule has 0 bridgehead atoms. The Balaban J connectivity index is 1.19. The number of aromatic nitrogens is 2. The first-order chi connectivity index (χ1) is 20.7. The lowest BCUT2D eigenvalue weighted by molar-refractivity contribution is 0.102. The van der Waals surface area contributed by atoms with E-state index in [1.54, 1.807) is 12.1 Å². The highest BCUT2D eigenvalue weighted by Gasteiger charge is 2.14. The Bertz CT molecular complexity index is 1790. The average Bonchev–Trinajstić information content (AvgIpc) is 3.30. The van der Waals surface area contributed by atoms with Gasteiger partial charge in [-0.3, -0.25) is 4.79 Å². The van der Waals surface area contributed by atoms with Gasteiger partial charge < -0.3 is 21.3 Å². The fourth-order valence-corrected chi connectivity index (χ4v) is 4.92. The summed E-state index contributed by atoms with van der Waals surface area (Å²) in [6, 6.07) is 31.1. The molecular formula is C35H30N6O. The van der Waals surface area contributed by atoms with Crippen molar-refractivity contribution in [2.24, 2.45) is 5.73 Å². The maximum absolute atomic E-state index is 13.2. The molecule has 6 rings (SSSR count). The first-order valence-electron chi connectivity index (χ1n) is 13.8. The van der Waals surface area contributed by atoms with Gasteiger partial charge in [0.1, 0.15) is 0 Å². The van der Waals surface area contributed by atoms with Gasteiger partial charge in [0, 0.05) is 53.4 Å². The summed E-state index contributed by atoms with van der Waals surface area (Å²) in [6.45, 7) is 0.957. The molecule has 4 aromatic carbocycles. The number of hydrogen-bond donors (Lipinski definition) is 3. The highest BCUT2D eigenvalue weighted by molar-refractivity contribution is 6.05. The summed E-state index contributed by atoms with van der Waals surface area (Å²) in [5.41, 5.74) is 12.8. The quantitative estimate of drug-likeness (QED) is 0.190.